The van der Waals surface area contributed by atoms with Crippen molar-refractivity contribution in [3.05, 3.63) is 94.0 Å². The molecule has 1 aliphatic heterocycles. The SMILES string of the molecule is CCOC(=O)c1ccc(N=C2SC(CC(=O)Nc3cc(Cl)cc(Cl)c3)C(=O)N2CCc2ccccc2)cc1. The van der Waals surface area contributed by atoms with Crippen LogP contribution >= 0.6 is 35.0 Å². The summed E-state index contributed by atoms with van der Waals surface area (Å²) < 4.78 is 5.03. The summed E-state index contributed by atoms with van der Waals surface area (Å²) in [6.07, 6.45) is 0.587. The molecule has 3 aromatic rings. The predicted octanol–water partition coefficient (Wildman–Crippen LogP) is 6.37. The van der Waals surface area contributed by atoms with Crippen molar-refractivity contribution in [3.8, 4) is 0 Å². The lowest BCUT2D eigenvalue weighted by Gasteiger charge is -2.16. The zero-order valence-electron chi connectivity index (χ0n) is 20.5. The fraction of sp³-hybridized carbons (Fsp3) is 0.214. The number of benzene rings is 3. The Morgan fingerprint density at radius 2 is 1.71 bits per heavy atom. The molecule has 1 N–H and O–H groups in total. The number of nitrogens with one attached hydrogen (secondary N) is 1. The number of halogens is 2. The van der Waals surface area contributed by atoms with E-state index in [0.717, 1.165) is 5.56 Å². The van der Waals surface area contributed by atoms with Gasteiger partial charge in [0.25, 0.3) is 0 Å². The van der Waals surface area contributed by atoms with Crippen molar-refractivity contribution in [1.29, 1.82) is 0 Å². The number of rotatable bonds is 9. The molecule has 196 valence electrons. The lowest BCUT2D eigenvalue weighted by atomic mass is 10.1. The van der Waals surface area contributed by atoms with Gasteiger partial charge in [0.05, 0.1) is 17.9 Å². The Morgan fingerprint density at radius 1 is 1.03 bits per heavy atom. The fourth-order valence-corrected chi connectivity index (χ4v) is 5.53. The number of amides is 2. The van der Waals surface area contributed by atoms with E-state index in [-0.39, 0.29) is 24.8 Å². The van der Waals surface area contributed by atoms with E-state index in [1.54, 1.807) is 54.3 Å². The molecule has 4 rings (SSSR count). The van der Waals surface area contributed by atoms with Crippen LogP contribution in [0.2, 0.25) is 10.0 Å². The van der Waals surface area contributed by atoms with Gasteiger partial charge >= 0.3 is 5.97 Å². The Morgan fingerprint density at radius 3 is 2.37 bits per heavy atom. The van der Waals surface area contributed by atoms with E-state index in [4.69, 9.17) is 27.9 Å². The quantitative estimate of drug-likeness (QED) is 0.302. The zero-order chi connectivity index (χ0) is 27.1. The third-order valence-corrected chi connectivity index (χ3v) is 7.22. The van der Waals surface area contributed by atoms with Gasteiger partial charge in [0.1, 0.15) is 5.25 Å². The molecular formula is C28H25Cl2N3O4S. The zero-order valence-corrected chi connectivity index (χ0v) is 22.9. The highest BCUT2D eigenvalue weighted by Gasteiger charge is 2.39. The van der Waals surface area contributed by atoms with Gasteiger partial charge in [-0.1, -0.05) is 65.3 Å². The largest absolute Gasteiger partial charge is 0.462 e. The van der Waals surface area contributed by atoms with Gasteiger partial charge in [0.15, 0.2) is 5.17 Å². The van der Waals surface area contributed by atoms with Gasteiger partial charge in [0, 0.05) is 28.7 Å². The van der Waals surface area contributed by atoms with Crippen LogP contribution in [-0.2, 0) is 20.7 Å². The number of aliphatic imine (C=N–C) groups is 1. The molecule has 1 fully saturated rings. The number of anilines is 1. The summed E-state index contributed by atoms with van der Waals surface area (Å²) in [5.74, 6) is -0.932. The summed E-state index contributed by atoms with van der Waals surface area (Å²) in [6, 6.07) is 21.3. The normalized spacial score (nSPS) is 16.1. The van der Waals surface area contributed by atoms with Crippen molar-refractivity contribution in [2.45, 2.75) is 25.0 Å². The lowest BCUT2D eigenvalue weighted by molar-refractivity contribution is -0.128. The number of ether oxygens (including phenoxy) is 1. The van der Waals surface area contributed by atoms with Crippen LogP contribution in [0.15, 0.2) is 77.8 Å². The monoisotopic (exact) mass is 569 g/mol. The molecule has 10 heteroatoms. The maximum Gasteiger partial charge on any atom is 0.338 e. The minimum absolute atomic E-state index is 0.0454. The third-order valence-electron chi connectivity index (χ3n) is 5.61. The van der Waals surface area contributed by atoms with Gasteiger partial charge < -0.3 is 10.1 Å². The van der Waals surface area contributed by atoms with Gasteiger partial charge in [-0.3, -0.25) is 14.5 Å². The number of esters is 1. The van der Waals surface area contributed by atoms with Crippen LogP contribution < -0.4 is 5.32 Å². The highest BCUT2D eigenvalue weighted by atomic mass is 35.5. The Balaban J connectivity index is 1.51. The number of thioether (sulfide) groups is 1. The Bertz CT molecular complexity index is 1330. The fourth-order valence-electron chi connectivity index (χ4n) is 3.82. The standard InChI is InChI=1S/C28H25Cl2N3O4S/c1-2-37-27(36)19-8-10-22(11-9-19)32-28-33(13-12-18-6-4-3-5-7-18)26(35)24(38-28)17-25(34)31-23-15-20(29)14-21(30)16-23/h3-11,14-16,24H,2,12-13,17H2,1H3,(H,31,34). The van der Waals surface area contributed by atoms with E-state index in [1.165, 1.54) is 11.8 Å². The van der Waals surface area contributed by atoms with Gasteiger partial charge in [-0.25, -0.2) is 9.79 Å². The molecule has 0 aliphatic carbocycles. The predicted molar refractivity (Wildman–Crippen MR) is 152 cm³/mol. The summed E-state index contributed by atoms with van der Waals surface area (Å²) in [5, 5.41) is 3.41. The number of amidine groups is 1. The molecule has 1 atom stereocenters. The topological polar surface area (TPSA) is 88.1 Å². The van der Waals surface area contributed by atoms with E-state index in [0.29, 0.717) is 45.1 Å². The van der Waals surface area contributed by atoms with Crippen molar-refractivity contribution < 1.29 is 19.1 Å². The number of hydrogen-bond acceptors (Lipinski definition) is 6. The maximum absolute atomic E-state index is 13.4. The number of nitrogens with zero attached hydrogens (tertiary/aromatic N) is 2. The first-order valence-electron chi connectivity index (χ1n) is 12.0. The van der Waals surface area contributed by atoms with Crippen molar-refractivity contribution in [2.75, 3.05) is 18.5 Å². The molecule has 0 saturated carbocycles. The van der Waals surface area contributed by atoms with Crippen molar-refractivity contribution in [3.63, 3.8) is 0 Å². The molecule has 0 bridgehead atoms. The Kier molecular flexibility index (Phi) is 9.44. The molecule has 1 saturated heterocycles. The number of carbonyl (C=O) groups is 3. The van der Waals surface area contributed by atoms with Crippen LogP contribution in [0.5, 0.6) is 0 Å². The molecule has 7 nitrogen and oxygen atoms in total. The third kappa shape index (κ3) is 7.37. The highest BCUT2D eigenvalue weighted by Crippen LogP contribution is 2.32. The molecular weight excluding hydrogens is 545 g/mol. The van der Waals surface area contributed by atoms with Crippen molar-refractivity contribution in [1.82, 2.24) is 4.90 Å². The molecule has 1 aliphatic rings. The van der Waals surface area contributed by atoms with Crippen LogP contribution in [0.25, 0.3) is 0 Å². The molecule has 0 spiro atoms. The molecule has 1 unspecified atom stereocenters. The van der Waals surface area contributed by atoms with Gasteiger partial charge in [-0.2, -0.15) is 0 Å². The van der Waals surface area contributed by atoms with Crippen LogP contribution in [0.1, 0.15) is 29.3 Å². The Labute approximate surface area is 235 Å². The average Bonchev–Trinajstić information content (AvgIpc) is 3.16. The van der Waals surface area contributed by atoms with E-state index in [9.17, 15) is 14.4 Å². The molecule has 0 radical (unpaired) electrons. The lowest BCUT2D eigenvalue weighted by Crippen LogP contribution is -2.35. The first-order chi connectivity index (χ1) is 18.3. The second kappa shape index (κ2) is 13.0. The minimum Gasteiger partial charge on any atom is -0.462 e. The molecule has 3 aromatic carbocycles. The van der Waals surface area contributed by atoms with E-state index < -0.39 is 11.2 Å². The second-order valence-corrected chi connectivity index (χ2v) is 10.4. The van der Waals surface area contributed by atoms with Crippen LogP contribution in [0.3, 0.4) is 0 Å². The average molecular weight is 570 g/mol. The maximum atomic E-state index is 13.4. The van der Waals surface area contributed by atoms with Gasteiger partial charge in [-0.05, 0) is 61.4 Å². The van der Waals surface area contributed by atoms with E-state index >= 15 is 0 Å². The van der Waals surface area contributed by atoms with Crippen LogP contribution in [0, 0.1) is 0 Å². The van der Waals surface area contributed by atoms with Crippen molar-refractivity contribution >= 4 is 69.3 Å². The molecule has 38 heavy (non-hydrogen) atoms. The van der Waals surface area contributed by atoms with Gasteiger partial charge in [0.2, 0.25) is 11.8 Å². The second-order valence-electron chi connectivity index (χ2n) is 8.40. The van der Waals surface area contributed by atoms with E-state index in [2.05, 4.69) is 10.3 Å². The summed E-state index contributed by atoms with van der Waals surface area (Å²) in [5.41, 5.74) is 2.54. The Hall–Kier alpha value is -3.33. The van der Waals surface area contributed by atoms with Crippen LogP contribution in [0.4, 0.5) is 11.4 Å². The van der Waals surface area contributed by atoms with Gasteiger partial charge in [-0.15, -0.1) is 0 Å². The summed E-state index contributed by atoms with van der Waals surface area (Å²) >= 11 is 13.3. The minimum atomic E-state index is -0.641. The summed E-state index contributed by atoms with van der Waals surface area (Å²) in [4.78, 5) is 44.4. The number of hydrogen-bond donors (Lipinski definition) is 1. The first kappa shape index (κ1) is 27.7. The smallest absolute Gasteiger partial charge is 0.338 e. The summed E-state index contributed by atoms with van der Waals surface area (Å²) in [7, 11) is 0. The van der Waals surface area contributed by atoms with Crippen LogP contribution in [-0.4, -0.2) is 46.3 Å². The molecule has 2 amide bonds. The highest BCUT2D eigenvalue weighted by molar-refractivity contribution is 8.15. The van der Waals surface area contributed by atoms with Crippen molar-refractivity contribution in [2.24, 2.45) is 4.99 Å². The summed E-state index contributed by atoms with van der Waals surface area (Å²) in [6.45, 7) is 2.45. The molecule has 1 heterocycles. The first-order valence-corrected chi connectivity index (χ1v) is 13.6. The number of carbonyl (C=O) groups excluding carboxylic acids is 3. The van der Waals surface area contributed by atoms with E-state index in [1.807, 2.05) is 30.3 Å². The molecule has 0 aromatic heterocycles.